The molecule has 0 saturated heterocycles. The molecule has 0 heterocycles. The zero-order chi connectivity index (χ0) is 15.5. The molecule has 2 rings (SSSR count). The van der Waals surface area contributed by atoms with Gasteiger partial charge in [-0.1, -0.05) is 30.3 Å². The number of rotatable bonds is 5. The van der Waals surface area contributed by atoms with Crippen LogP contribution in [0.1, 0.15) is 5.56 Å². The fraction of sp³-hybridized carbons (Fsp3) is 0.333. The molecule has 0 aliphatic heterocycles. The Labute approximate surface area is 122 Å². The summed E-state index contributed by atoms with van der Waals surface area (Å²) in [6.45, 7) is 0. The van der Waals surface area contributed by atoms with Crippen LogP contribution < -0.4 is 0 Å². The molecule has 0 fully saturated rings. The molecule has 0 bridgehead atoms. The van der Waals surface area contributed by atoms with E-state index in [9.17, 15) is 15.2 Å². The Balaban J connectivity index is 2.40. The van der Waals surface area contributed by atoms with Crippen LogP contribution in [0.5, 0.6) is 0 Å². The topological polar surface area (TPSA) is 81.8 Å². The minimum Gasteiger partial charge on any atom is -0.490 e. The molecule has 0 saturated carbocycles. The molecule has 2 unspecified atom stereocenters. The summed E-state index contributed by atoms with van der Waals surface area (Å²) in [6, 6.07) is 9.46. The zero-order valence-electron chi connectivity index (χ0n) is 11.9. The van der Waals surface area contributed by atoms with Crippen molar-refractivity contribution in [2.75, 3.05) is 14.2 Å². The van der Waals surface area contributed by atoms with E-state index in [2.05, 4.69) is 0 Å². The van der Waals surface area contributed by atoms with Crippen LogP contribution in [-0.4, -0.2) is 36.0 Å². The van der Waals surface area contributed by atoms with Crippen molar-refractivity contribution in [2.45, 2.75) is 18.1 Å². The van der Waals surface area contributed by atoms with E-state index < -0.39 is 16.6 Å². The van der Waals surface area contributed by atoms with E-state index in [1.807, 2.05) is 30.3 Å². The summed E-state index contributed by atoms with van der Waals surface area (Å²) >= 11 is 0. The van der Waals surface area contributed by atoms with Crippen LogP contribution >= 0.6 is 0 Å². The molecular formula is C15H17NO5. The quantitative estimate of drug-likeness (QED) is 0.659. The van der Waals surface area contributed by atoms with Gasteiger partial charge in [-0.3, -0.25) is 10.1 Å². The number of nitro groups is 1. The first kappa shape index (κ1) is 15.2. The van der Waals surface area contributed by atoms with E-state index in [1.54, 1.807) is 0 Å². The average Bonchev–Trinajstić information content (AvgIpc) is 2.49. The molecule has 0 aromatic heterocycles. The third kappa shape index (κ3) is 2.96. The molecule has 112 valence electrons. The van der Waals surface area contributed by atoms with Crippen molar-refractivity contribution in [3.63, 3.8) is 0 Å². The van der Waals surface area contributed by atoms with Gasteiger partial charge in [0, 0.05) is 19.6 Å². The highest BCUT2D eigenvalue weighted by molar-refractivity contribution is 5.35. The third-order valence-corrected chi connectivity index (χ3v) is 3.56. The van der Waals surface area contributed by atoms with Gasteiger partial charge in [0.2, 0.25) is 0 Å². The maximum atomic E-state index is 11.0. The number of hydrogen-bond donors (Lipinski definition) is 1. The number of aliphatic hydroxyl groups is 1. The molecule has 0 spiro atoms. The third-order valence-electron chi connectivity index (χ3n) is 3.56. The van der Waals surface area contributed by atoms with Crippen LogP contribution in [0.2, 0.25) is 0 Å². The van der Waals surface area contributed by atoms with E-state index >= 15 is 0 Å². The molecule has 1 aliphatic rings. The van der Waals surface area contributed by atoms with Crippen molar-refractivity contribution in [1.82, 2.24) is 0 Å². The monoisotopic (exact) mass is 291 g/mol. The summed E-state index contributed by atoms with van der Waals surface area (Å²) in [5, 5.41) is 21.3. The van der Waals surface area contributed by atoms with Crippen molar-refractivity contribution in [2.24, 2.45) is 0 Å². The van der Waals surface area contributed by atoms with Crippen LogP contribution in [0.3, 0.4) is 0 Å². The molecule has 1 aromatic carbocycles. The Morgan fingerprint density at radius 3 is 2.52 bits per heavy atom. The van der Waals surface area contributed by atoms with Gasteiger partial charge in [-0.15, -0.1) is 0 Å². The van der Waals surface area contributed by atoms with Crippen molar-refractivity contribution in [3.05, 3.63) is 69.6 Å². The van der Waals surface area contributed by atoms with Crippen LogP contribution in [-0.2, 0) is 15.9 Å². The SMILES string of the molecule is COC1=CC(Cc2ccccc2)(OC)C(O)C=C1[N+](=O)[O-]. The maximum Gasteiger partial charge on any atom is 0.309 e. The molecule has 1 N–H and O–H groups in total. The Hall–Kier alpha value is -2.18. The van der Waals surface area contributed by atoms with Gasteiger partial charge >= 0.3 is 5.70 Å². The highest BCUT2D eigenvalue weighted by Crippen LogP contribution is 2.33. The molecule has 0 radical (unpaired) electrons. The summed E-state index contributed by atoms with van der Waals surface area (Å²) in [7, 11) is 2.81. The lowest BCUT2D eigenvalue weighted by Gasteiger charge is -2.35. The van der Waals surface area contributed by atoms with Gasteiger partial charge in [-0.25, -0.2) is 0 Å². The van der Waals surface area contributed by atoms with E-state index in [0.29, 0.717) is 6.42 Å². The second kappa shape index (κ2) is 6.07. The van der Waals surface area contributed by atoms with E-state index in [0.717, 1.165) is 11.6 Å². The molecule has 6 nitrogen and oxygen atoms in total. The van der Waals surface area contributed by atoms with Crippen LogP contribution in [0.25, 0.3) is 0 Å². The Morgan fingerprint density at radius 2 is 2.00 bits per heavy atom. The molecular weight excluding hydrogens is 274 g/mol. The van der Waals surface area contributed by atoms with Crippen LogP contribution in [0, 0.1) is 10.1 Å². The van der Waals surface area contributed by atoms with Crippen molar-refractivity contribution >= 4 is 0 Å². The maximum absolute atomic E-state index is 11.0. The number of aliphatic hydroxyl groups excluding tert-OH is 1. The standard InChI is InChI=1S/C15H17NO5/c1-20-13-10-15(21-2,9-11-6-4-3-5-7-11)14(17)8-12(13)16(18)19/h3-8,10,14,17H,9H2,1-2H3. The van der Waals surface area contributed by atoms with Gasteiger partial charge in [-0.05, 0) is 11.6 Å². The summed E-state index contributed by atoms with van der Waals surface area (Å²) in [6.07, 6.45) is 1.87. The van der Waals surface area contributed by atoms with E-state index in [4.69, 9.17) is 9.47 Å². The van der Waals surface area contributed by atoms with Gasteiger partial charge in [0.1, 0.15) is 11.7 Å². The largest absolute Gasteiger partial charge is 0.490 e. The lowest BCUT2D eigenvalue weighted by atomic mass is 9.84. The number of nitrogens with zero attached hydrogens (tertiary/aromatic N) is 1. The summed E-state index contributed by atoms with van der Waals surface area (Å²) in [5.41, 5.74) is -0.402. The highest BCUT2D eigenvalue weighted by Gasteiger charge is 2.43. The smallest absolute Gasteiger partial charge is 0.309 e. The van der Waals surface area contributed by atoms with E-state index in [1.165, 1.54) is 20.3 Å². The fourth-order valence-electron chi connectivity index (χ4n) is 2.39. The van der Waals surface area contributed by atoms with Gasteiger partial charge < -0.3 is 14.6 Å². The first-order valence-electron chi connectivity index (χ1n) is 6.43. The van der Waals surface area contributed by atoms with Crippen molar-refractivity contribution in [3.8, 4) is 0 Å². The summed E-state index contributed by atoms with van der Waals surface area (Å²) in [4.78, 5) is 10.4. The molecule has 0 amide bonds. The fourth-order valence-corrected chi connectivity index (χ4v) is 2.39. The van der Waals surface area contributed by atoms with Gasteiger partial charge in [0.25, 0.3) is 0 Å². The number of ether oxygens (including phenoxy) is 2. The number of benzene rings is 1. The van der Waals surface area contributed by atoms with Crippen molar-refractivity contribution in [1.29, 1.82) is 0 Å². The Morgan fingerprint density at radius 1 is 1.33 bits per heavy atom. The number of methoxy groups -OCH3 is 2. The molecule has 2 atom stereocenters. The van der Waals surface area contributed by atoms with Gasteiger partial charge in [-0.2, -0.15) is 0 Å². The van der Waals surface area contributed by atoms with Crippen LogP contribution in [0.15, 0.2) is 53.9 Å². The molecule has 6 heteroatoms. The van der Waals surface area contributed by atoms with Gasteiger partial charge in [0.05, 0.1) is 12.0 Å². The highest BCUT2D eigenvalue weighted by atomic mass is 16.6. The van der Waals surface area contributed by atoms with Crippen molar-refractivity contribution < 1.29 is 19.5 Å². The minimum atomic E-state index is -1.14. The Bertz CT molecular complexity index is 581. The second-order valence-corrected chi connectivity index (χ2v) is 4.79. The van der Waals surface area contributed by atoms with Gasteiger partial charge in [0.15, 0.2) is 5.76 Å². The first-order valence-corrected chi connectivity index (χ1v) is 6.43. The Kier molecular flexibility index (Phi) is 4.40. The normalized spacial score (nSPS) is 25.0. The molecule has 21 heavy (non-hydrogen) atoms. The minimum absolute atomic E-state index is 0.0862. The van der Waals surface area contributed by atoms with E-state index in [-0.39, 0.29) is 11.5 Å². The van der Waals surface area contributed by atoms with Crippen LogP contribution in [0.4, 0.5) is 0 Å². The molecule has 1 aromatic rings. The lowest BCUT2D eigenvalue weighted by Crippen LogP contribution is -2.46. The lowest BCUT2D eigenvalue weighted by molar-refractivity contribution is -0.425. The summed E-state index contributed by atoms with van der Waals surface area (Å²) in [5.74, 6) is 0.0862. The zero-order valence-corrected chi connectivity index (χ0v) is 11.9. The summed E-state index contributed by atoms with van der Waals surface area (Å²) < 4.78 is 10.5. The predicted molar refractivity (Wildman–Crippen MR) is 76.1 cm³/mol. The first-order chi connectivity index (χ1) is 10.0. The average molecular weight is 291 g/mol. The molecule has 1 aliphatic carbocycles. The number of hydrogen-bond acceptors (Lipinski definition) is 5. The predicted octanol–water partition coefficient (Wildman–Crippen LogP) is 1.68. The second-order valence-electron chi connectivity index (χ2n) is 4.79.